The van der Waals surface area contributed by atoms with Gasteiger partial charge in [-0.15, -0.1) is 0 Å². The van der Waals surface area contributed by atoms with Crippen molar-refractivity contribution in [2.45, 2.75) is 19.4 Å². The number of hydrogen-bond acceptors (Lipinski definition) is 3. The molecule has 1 aromatic heterocycles. The molecular weight excluding hydrogens is 185 g/mol. The van der Waals surface area contributed by atoms with Gasteiger partial charge in [-0.1, -0.05) is 0 Å². The van der Waals surface area contributed by atoms with Crippen LogP contribution >= 0.6 is 0 Å². The highest BCUT2D eigenvalue weighted by Gasteiger charge is 2.13. The van der Waals surface area contributed by atoms with Crippen molar-refractivity contribution in [3.8, 4) is 0 Å². The molecule has 0 aliphatic carbocycles. The molecule has 1 atom stereocenters. The summed E-state index contributed by atoms with van der Waals surface area (Å²) in [6.45, 7) is 2.14. The van der Waals surface area contributed by atoms with Crippen LogP contribution in [0.2, 0.25) is 0 Å². The average Bonchev–Trinajstić information content (AvgIpc) is 2.14. The van der Waals surface area contributed by atoms with Gasteiger partial charge in [-0.25, -0.2) is 4.39 Å². The van der Waals surface area contributed by atoms with Gasteiger partial charge >= 0.3 is 0 Å². The van der Waals surface area contributed by atoms with Crippen LogP contribution in [0, 0.1) is 12.7 Å². The van der Waals surface area contributed by atoms with Crippen molar-refractivity contribution in [2.24, 2.45) is 0 Å². The number of ether oxygens (including phenoxy) is 1. The van der Waals surface area contributed by atoms with Gasteiger partial charge in [0.25, 0.3) is 0 Å². The molecular formula is C10H14FNO2. The smallest absolute Gasteiger partial charge is 0.147 e. The molecule has 0 radical (unpaired) electrons. The van der Waals surface area contributed by atoms with Crippen molar-refractivity contribution in [3.63, 3.8) is 0 Å². The van der Waals surface area contributed by atoms with E-state index in [9.17, 15) is 9.50 Å². The summed E-state index contributed by atoms with van der Waals surface area (Å²) in [6, 6.07) is 1.36. The zero-order valence-corrected chi connectivity index (χ0v) is 8.33. The molecule has 14 heavy (non-hydrogen) atoms. The van der Waals surface area contributed by atoms with E-state index in [-0.39, 0.29) is 5.69 Å². The lowest BCUT2D eigenvalue weighted by atomic mass is 10.1. The minimum Gasteiger partial charge on any atom is -0.387 e. The topological polar surface area (TPSA) is 42.4 Å². The molecule has 4 heteroatoms. The fourth-order valence-electron chi connectivity index (χ4n) is 1.16. The second-order valence-corrected chi connectivity index (χ2v) is 3.18. The van der Waals surface area contributed by atoms with E-state index in [4.69, 9.17) is 4.74 Å². The molecule has 1 unspecified atom stereocenters. The number of methoxy groups -OCH3 is 1. The Morgan fingerprint density at radius 2 is 2.36 bits per heavy atom. The van der Waals surface area contributed by atoms with E-state index in [1.807, 2.05) is 0 Å². The quantitative estimate of drug-likeness (QED) is 0.800. The molecule has 0 saturated carbocycles. The number of aliphatic hydroxyl groups excluding tert-OH is 1. The summed E-state index contributed by atoms with van der Waals surface area (Å²) in [4.78, 5) is 3.85. The summed E-state index contributed by atoms with van der Waals surface area (Å²) in [5, 5.41) is 9.54. The zero-order valence-electron chi connectivity index (χ0n) is 8.33. The molecule has 0 aliphatic rings. The third-order valence-corrected chi connectivity index (χ3v) is 1.92. The van der Waals surface area contributed by atoms with E-state index in [2.05, 4.69) is 4.98 Å². The predicted octanol–water partition coefficient (Wildman–Crippen LogP) is 1.60. The number of aromatic nitrogens is 1. The fraction of sp³-hybridized carbons (Fsp3) is 0.500. The van der Waals surface area contributed by atoms with Gasteiger partial charge in [-0.2, -0.15) is 0 Å². The van der Waals surface area contributed by atoms with Crippen LogP contribution < -0.4 is 0 Å². The van der Waals surface area contributed by atoms with Crippen LogP contribution in [-0.4, -0.2) is 23.8 Å². The molecule has 0 fully saturated rings. The summed E-state index contributed by atoms with van der Waals surface area (Å²) < 4.78 is 18.1. The van der Waals surface area contributed by atoms with Gasteiger partial charge in [-0.05, 0) is 18.6 Å². The molecule has 1 heterocycles. The van der Waals surface area contributed by atoms with Crippen molar-refractivity contribution in [3.05, 3.63) is 29.3 Å². The summed E-state index contributed by atoms with van der Waals surface area (Å²) in [5.41, 5.74) is 0.831. The Labute approximate surface area is 82.5 Å². The normalized spacial score (nSPS) is 12.9. The van der Waals surface area contributed by atoms with E-state index in [0.717, 1.165) is 5.56 Å². The Morgan fingerprint density at radius 3 is 2.93 bits per heavy atom. The molecule has 78 valence electrons. The first-order valence-corrected chi connectivity index (χ1v) is 4.44. The molecule has 0 bridgehead atoms. The minimum atomic E-state index is -0.893. The van der Waals surface area contributed by atoms with E-state index in [1.165, 1.54) is 19.4 Å². The predicted molar refractivity (Wildman–Crippen MR) is 50.4 cm³/mol. The summed E-state index contributed by atoms with van der Waals surface area (Å²) >= 11 is 0. The second kappa shape index (κ2) is 5.02. The summed E-state index contributed by atoms with van der Waals surface area (Å²) in [7, 11) is 1.53. The number of nitrogens with zero attached hydrogens (tertiary/aromatic N) is 1. The Morgan fingerprint density at radius 1 is 1.64 bits per heavy atom. The van der Waals surface area contributed by atoms with E-state index < -0.39 is 11.9 Å². The van der Waals surface area contributed by atoms with Gasteiger partial charge < -0.3 is 9.84 Å². The van der Waals surface area contributed by atoms with Crippen molar-refractivity contribution < 1.29 is 14.2 Å². The highest BCUT2D eigenvalue weighted by molar-refractivity contribution is 5.16. The van der Waals surface area contributed by atoms with Crippen molar-refractivity contribution in [1.82, 2.24) is 4.98 Å². The Balaban J connectivity index is 2.74. The number of aryl methyl sites for hydroxylation is 1. The van der Waals surface area contributed by atoms with Gasteiger partial charge in [0.05, 0.1) is 0 Å². The molecule has 0 spiro atoms. The molecule has 0 saturated heterocycles. The highest BCUT2D eigenvalue weighted by atomic mass is 19.1. The van der Waals surface area contributed by atoms with E-state index in [1.54, 1.807) is 6.92 Å². The maximum atomic E-state index is 13.3. The minimum absolute atomic E-state index is 0.0904. The van der Waals surface area contributed by atoms with Crippen molar-refractivity contribution in [2.75, 3.05) is 13.7 Å². The molecule has 1 N–H and O–H groups in total. The number of aliphatic hydroxyl groups is 1. The lowest BCUT2D eigenvalue weighted by molar-refractivity contribution is 0.105. The third-order valence-electron chi connectivity index (χ3n) is 1.92. The van der Waals surface area contributed by atoms with Crippen molar-refractivity contribution >= 4 is 0 Å². The molecule has 1 aromatic rings. The van der Waals surface area contributed by atoms with E-state index >= 15 is 0 Å². The highest BCUT2D eigenvalue weighted by Crippen LogP contribution is 2.17. The van der Waals surface area contributed by atoms with Crippen LogP contribution in [0.15, 0.2) is 12.3 Å². The number of rotatable bonds is 4. The first-order chi connectivity index (χ1) is 6.65. The van der Waals surface area contributed by atoms with Gasteiger partial charge in [0.1, 0.15) is 17.6 Å². The zero-order chi connectivity index (χ0) is 10.6. The number of pyridine rings is 1. The molecule has 0 aromatic carbocycles. The molecule has 0 aliphatic heterocycles. The maximum Gasteiger partial charge on any atom is 0.147 e. The Kier molecular flexibility index (Phi) is 3.98. The number of hydrogen-bond donors (Lipinski definition) is 1. The summed E-state index contributed by atoms with van der Waals surface area (Å²) in [6.07, 6.45) is 0.994. The second-order valence-electron chi connectivity index (χ2n) is 3.18. The van der Waals surface area contributed by atoms with E-state index in [0.29, 0.717) is 13.0 Å². The van der Waals surface area contributed by atoms with Crippen LogP contribution in [0.25, 0.3) is 0 Å². The monoisotopic (exact) mass is 199 g/mol. The third kappa shape index (κ3) is 2.75. The van der Waals surface area contributed by atoms with Gasteiger partial charge in [0.15, 0.2) is 0 Å². The lowest BCUT2D eigenvalue weighted by Crippen LogP contribution is -2.06. The molecule has 0 amide bonds. The maximum absolute atomic E-state index is 13.3. The van der Waals surface area contributed by atoms with Crippen LogP contribution in [-0.2, 0) is 4.74 Å². The van der Waals surface area contributed by atoms with Crippen LogP contribution in [0.4, 0.5) is 4.39 Å². The lowest BCUT2D eigenvalue weighted by Gasteiger charge is -2.10. The van der Waals surface area contributed by atoms with Gasteiger partial charge in [-0.3, -0.25) is 4.98 Å². The largest absolute Gasteiger partial charge is 0.387 e. The first-order valence-electron chi connectivity index (χ1n) is 4.44. The molecule has 1 rings (SSSR count). The molecule has 3 nitrogen and oxygen atoms in total. The van der Waals surface area contributed by atoms with Crippen LogP contribution in [0.5, 0.6) is 0 Å². The van der Waals surface area contributed by atoms with Gasteiger partial charge in [0, 0.05) is 26.3 Å². The SMILES string of the molecule is COCCC(O)c1ncc(C)cc1F. The van der Waals surface area contributed by atoms with Crippen LogP contribution in [0.3, 0.4) is 0 Å². The van der Waals surface area contributed by atoms with Crippen molar-refractivity contribution in [1.29, 1.82) is 0 Å². The van der Waals surface area contributed by atoms with Crippen LogP contribution in [0.1, 0.15) is 23.8 Å². The Hall–Kier alpha value is -1.00. The fourth-order valence-corrected chi connectivity index (χ4v) is 1.16. The Bertz CT molecular complexity index is 304. The first kappa shape index (κ1) is 11.1. The van der Waals surface area contributed by atoms with Gasteiger partial charge in [0.2, 0.25) is 0 Å². The number of halogens is 1. The average molecular weight is 199 g/mol. The summed E-state index contributed by atoms with van der Waals surface area (Å²) in [5.74, 6) is -0.464. The standard InChI is InChI=1S/C10H14FNO2/c1-7-5-8(11)10(12-6-7)9(13)3-4-14-2/h5-6,9,13H,3-4H2,1-2H3.